The molecule has 1 unspecified atom stereocenters. The molecule has 1 aromatic carbocycles. The van der Waals surface area contributed by atoms with Gasteiger partial charge in [-0.2, -0.15) is 4.99 Å². The Kier molecular flexibility index (Phi) is 3.12. The van der Waals surface area contributed by atoms with Crippen LogP contribution in [-0.4, -0.2) is 36.9 Å². The smallest absolute Gasteiger partial charge is 0.346 e. The zero-order valence-corrected chi connectivity index (χ0v) is 12.0. The van der Waals surface area contributed by atoms with Crippen molar-refractivity contribution in [1.29, 1.82) is 0 Å². The fourth-order valence-corrected chi connectivity index (χ4v) is 3.15. The highest BCUT2D eigenvalue weighted by Gasteiger charge is 2.33. The van der Waals surface area contributed by atoms with Gasteiger partial charge in [-0.3, -0.25) is 0 Å². The molecule has 2 N–H and O–H groups in total. The lowest BCUT2D eigenvalue weighted by Crippen LogP contribution is -2.33. The fraction of sp³-hybridized carbons (Fsp3) is 0.467. The van der Waals surface area contributed by atoms with Crippen LogP contribution >= 0.6 is 0 Å². The van der Waals surface area contributed by atoms with Crippen molar-refractivity contribution in [3.8, 4) is 0 Å². The molecule has 2 heterocycles. The quantitative estimate of drug-likeness (QED) is 0.894. The molecule has 106 valence electrons. The number of hydrogen-bond acceptors (Lipinski definition) is 3. The summed E-state index contributed by atoms with van der Waals surface area (Å²) in [5, 5.41) is 0. The molecule has 0 radical (unpaired) electrons. The number of likely N-dealkylation sites (N-methyl/N-ethyl adjacent to an activating group) is 1. The summed E-state index contributed by atoms with van der Waals surface area (Å²) in [4.78, 5) is 19.7. The van der Waals surface area contributed by atoms with Crippen LogP contribution in [0.1, 0.15) is 30.5 Å². The summed E-state index contributed by atoms with van der Waals surface area (Å²) in [6, 6.07) is 5.94. The summed E-state index contributed by atoms with van der Waals surface area (Å²) in [6.07, 6.45) is 2.25. The summed E-state index contributed by atoms with van der Waals surface area (Å²) in [6.45, 7) is 3.66. The zero-order valence-electron chi connectivity index (χ0n) is 12.0. The first kappa shape index (κ1) is 13.0. The van der Waals surface area contributed by atoms with E-state index in [0.29, 0.717) is 12.4 Å². The number of anilines is 1. The maximum atomic E-state index is 11.8. The van der Waals surface area contributed by atoms with Crippen LogP contribution in [0.3, 0.4) is 0 Å². The van der Waals surface area contributed by atoms with Gasteiger partial charge in [0.05, 0.1) is 0 Å². The second kappa shape index (κ2) is 4.81. The van der Waals surface area contributed by atoms with Crippen molar-refractivity contribution in [2.45, 2.75) is 25.8 Å². The van der Waals surface area contributed by atoms with Crippen molar-refractivity contribution in [1.82, 2.24) is 4.90 Å². The largest absolute Gasteiger partial charge is 0.385 e. The molecule has 0 fully saturated rings. The molecule has 1 aromatic rings. The number of aliphatic imine (C=N–C) groups is 1. The monoisotopic (exact) mass is 272 g/mol. The lowest BCUT2D eigenvalue weighted by molar-refractivity contribution is 0.210. The van der Waals surface area contributed by atoms with Gasteiger partial charge in [0.2, 0.25) is 0 Å². The molecular weight excluding hydrogens is 252 g/mol. The normalized spacial score (nSPS) is 22.0. The Labute approximate surface area is 119 Å². The third kappa shape index (κ3) is 1.94. The maximum absolute atomic E-state index is 11.8. The lowest BCUT2D eigenvalue weighted by atomic mass is 9.96. The molecule has 0 bridgehead atoms. The van der Waals surface area contributed by atoms with E-state index in [1.807, 2.05) is 6.92 Å². The first-order chi connectivity index (χ1) is 9.61. The van der Waals surface area contributed by atoms with E-state index in [4.69, 9.17) is 5.73 Å². The van der Waals surface area contributed by atoms with Crippen molar-refractivity contribution in [3.63, 3.8) is 0 Å². The molecule has 0 spiro atoms. The topological polar surface area (TPSA) is 61.9 Å². The van der Waals surface area contributed by atoms with Gasteiger partial charge < -0.3 is 15.5 Å². The molecule has 20 heavy (non-hydrogen) atoms. The van der Waals surface area contributed by atoms with E-state index in [9.17, 15) is 4.79 Å². The molecule has 0 aromatic heterocycles. The van der Waals surface area contributed by atoms with Crippen LogP contribution in [0.4, 0.5) is 10.5 Å². The number of hydrogen-bond donors (Lipinski definition) is 1. The minimum Gasteiger partial charge on any atom is -0.385 e. The van der Waals surface area contributed by atoms with Crippen LogP contribution in [0.15, 0.2) is 23.2 Å². The number of aryl methyl sites for hydroxylation is 1. The molecule has 5 nitrogen and oxygen atoms in total. The molecule has 0 aliphatic carbocycles. The SMILES string of the molecule is CCN1C(=O)N=C(N)C1c1ccc2c(c1)CCCN2C. The highest BCUT2D eigenvalue weighted by atomic mass is 16.2. The van der Waals surface area contributed by atoms with E-state index in [1.165, 1.54) is 11.3 Å². The zero-order chi connectivity index (χ0) is 14.3. The number of urea groups is 1. The predicted octanol–water partition coefficient (Wildman–Crippen LogP) is 1.92. The standard InChI is InChI=1S/C15H20N4O/c1-3-19-13(14(16)17-15(19)20)11-6-7-12-10(9-11)5-4-8-18(12)2/h6-7,9,13H,3-5,8H2,1-2H3,(H2,16,17,20). The van der Waals surface area contributed by atoms with Gasteiger partial charge in [0.25, 0.3) is 0 Å². The highest BCUT2D eigenvalue weighted by Crippen LogP contribution is 2.32. The van der Waals surface area contributed by atoms with E-state index in [-0.39, 0.29) is 12.1 Å². The average Bonchev–Trinajstić information content (AvgIpc) is 2.72. The summed E-state index contributed by atoms with van der Waals surface area (Å²) < 4.78 is 0. The Balaban J connectivity index is 1.99. The summed E-state index contributed by atoms with van der Waals surface area (Å²) in [5.41, 5.74) is 9.62. The Bertz CT molecular complexity index is 581. The Morgan fingerprint density at radius 2 is 2.25 bits per heavy atom. The second-order valence-electron chi connectivity index (χ2n) is 5.42. The van der Waals surface area contributed by atoms with E-state index >= 15 is 0 Å². The molecule has 0 saturated carbocycles. The van der Waals surface area contributed by atoms with Crippen molar-refractivity contribution in [2.75, 3.05) is 25.0 Å². The van der Waals surface area contributed by atoms with Gasteiger partial charge in [0.15, 0.2) is 0 Å². The Hall–Kier alpha value is -2.04. The summed E-state index contributed by atoms with van der Waals surface area (Å²) in [5.74, 6) is 0.404. The molecule has 1 atom stereocenters. The van der Waals surface area contributed by atoms with E-state index in [0.717, 1.165) is 24.9 Å². The third-order valence-corrected chi connectivity index (χ3v) is 4.17. The van der Waals surface area contributed by atoms with Gasteiger partial charge >= 0.3 is 6.03 Å². The van der Waals surface area contributed by atoms with Crippen LogP contribution < -0.4 is 10.6 Å². The van der Waals surface area contributed by atoms with Crippen molar-refractivity contribution >= 4 is 17.6 Å². The van der Waals surface area contributed by atoms with Gasteiger partial charge in [-0.1, -0.05) is 12.1 Å². The maximum Gasteiger partial charge on any atom is 0.346 e. The minimum atomic E-state index is -0.232. The third-order valence-electron chi connectivity index (χ3n) is 4.17. The van der Waals surface area contributed by atoms with Gasteiger partial charge in [0, 0.05) is 25.8 Å². The lowest BCUT2D eigenvalue weighted by Gasteiger charge is -2.29. The van der Waals surface area contributed by atoms with Crippen molar-refractivity contribution in [3.05, 3.63) is 29.3 Å². The van der Waals surface area contributed by atoms with Crippen LogP contribution in [0.2, 0.25) is 0 Å². The van der Waals surface area contributed by atoms with Crippen LogP contribution in [0.25, 0.3) is 0 Å². The number of benzene rings is 1. The van der Waals surface area contributed by atoms with Gasteiger partial charge in [0.1, 0.15) is 11.9 Å². The first-order valence-corrected chi connectivity index (χ1v) is 7.10. The average molecular weight is 272 g/mol. The Morgan fingerprint density at radius 3 is 3.00 bits per heavy atom. The summed E-state index contributed by atoms with van der Waals surface area (Å²) in [7, 11) is 2.12. The number of nitrogens with two attached hydrogens (primary N) is 1. The van der Waals surface area contributed by atoms with Crippen LogP contribution in [0.5, 0.6) is 0 Å². The van der Waals surface area contributed by atoms with E-state index in [2.05, 4.69) is 35.1 Å². The van der Waals surface area contributed by atoms with Crippen LogP contribution in [0, 0.1) is 0 Å². The molecule has 3 rings (SSSR count). The second-order valence-corrected chi connectivity index (χ2v) is 5.42. The van der Waals surface area contributed by atoms with Gasteiger partial charge in [-0.05, 0) is 37.0 Å². The first-order valence-electron chi connectivity index (χ1n) is 7.10. The number of rotatable bonds is 2. The minimum absolute atomic E-state index is 0.204. The molecule has 2 aliphatic rings. The van der Waals surface area contributed by atoms with E-state index < -0.39 is 0 Å². The number of amidine groups is 1. The number of fused-ring (bicyclic) bond motifs is 1. The van der Waals surface area contributed by atoms with Crippen molar-refractivity contribution < 1.29 is 4.79 Å². The predicted molar refractivity (Wildman–Crippen MR) is 80.2 cm³/mol. The van der Waals surface area contributed by atoms with Gasteiger partial charge in [-0.25, -0.2) is 4.79 Å². The Morgan fingerprint density at radius 1 is 1.45 bits per heavy atom. The van der Waals surface area contributed by atoms with E-state index in [1.54, 1.807) is 4.90 Å². The van der Waals surface area contributed by atoms with Crippen molar-refractivity contribution in [2.24, 2.45) is 10.7 Å². The van der Waals surface area contributed by atoms with Crippen LogP contribution in [-0.2, 0) is 6.42 Å². The molecule has 0 saturated heterocycles. The fourth-order valence-electron chi connectivity index (χ4n) is 3.15. The summed E-state index contributed by atoms with van der Waals surface area (Å²) >= 11 is 0. The molecule has 5 heteroatoms. The number of carbonyl (C=O) groups is 1. The molecule has 2 amide bonds. The molecular formula is C15H20N4O. The highest BCUT2D eigenvalue weighted by molar-refractivity contribution is 6.03. The number of nitrogens with zero attached hydrogens (tertiary/aromatic N) is 3. The van der Waals surface area contributed by atoms with Gasteiger partial charge in [-0.15, -0.1) is 0 Å². The number of amides is 2. The number of carbonyl (C=O) groups excluding carboxylic acids is 1. The molecule has 2 aliphatic heterocycles.